The molecule has 35 heavy (non-hydrogen) atoms. The number of dihydropyridines is 1. The third-order valence-corrected chi connectivity index (χ3v) is 7.65. The predicted molar refractivity (Wildman–Crippen MR) is 143 cm³/mol. The van der Waals surface area contributed by atoms with Gasteiger partial charge in [-0.15, -0.1) is 0 Å². The Balaban J connectivity index is 1.25. The fraction of sp³-hybridized carbons (Fsp3) is 0.393. The van der Waals surface area contributed by atoms with E-state index < -0.39 is 0 Å². The lowest BCUT2D eigenvalue weighted by Gasteiger charge is -2.44. The monoisotopic (exact) mass is 467 g/mol. The van der Waals surface area contributed by atoms with Crippen molar-refractivity contribution in [3.63, 3.8) is 0 Å². The number of aromatic amines is 1. The average molecular weight is 468 g/mol. The van der Waals surface area contributed by atoms with Crippen LogP contribution in [0.1, 0.15) is 37.4 Å². The fourth-order valence-corrected chi connectivity index (χ4v) is 5.65. The highest BCUT2D eigenvalue weighted by Crippen LogP contribution is 2.36. The summed E-state index contributed by atoms with van der Waals surface area (Å²) < 4.78 is 0. The molecule has 2 aromatic heterocycles. The van der Waals surface area contributed by atoms with Gasteiger partial charge in [-0.3, -0.25) is 20.0 Å². The van der Waals surface area contributed by atoms with Gasteiger partial charge in [-0.1, -0.05) is 12.2 Å². The number of rotatable bonds is 4. The normalized spacial score (nSPS) is 20.9. The Morgan fingerprint density at radius 2 is 2.11 bits per heavy atom. The maximum Gasteiger partial charge on any atom is 0.100 e. The molecule has 6 rings (SSSR count). The zero-order chi connectivity index (χ0) is 23.9. The van der Waals surface area contributed by atoms with Crippen LogP contribution in [0.3, 0.4) is 0 Å². The quantitative estimate of drug-likeness (QED) is 0.572. The zero-order valence-electron chi connectivity index (χ0n) is 20.6. The van der Waals surface area contributed by atoms with Crippen molar-refractivity contribution in [2.45, 2.75) is 45.7 Å². The maximum atomic E-state index is 4.64. The second-order valence-corrected chi connectivity index (χ2v) is 10.1. The summed E-state index contributed by atoms with van der Waals surface area (Å²) in [6.07, 6.45) is 7.43. The number of hydrogen-bond acceptors (Lipinski definition) is 6. The molecule has 0 amide bonds. The number of aromatic nitrogens is 3. The molecule has 1 aromatic carbocycles. The molecule has 3 aliphatic rings. The van der Waals surface area contributed by atoms with E-state index in [1.54, 1.807) is 0 Å². The van der Waals surface area contributed by atoms with Crippen LogP contribution in [0.4, 0.5) is 5.69 Å². The predicted octanol–water partition coefficient (Wildman–Crippen LogP) is 4.89. The van der Waals surface area contributed by atoms with Gasteiger partial charge in [0.05, 0.1) is 11.3 Å². The number of piperidine rings is 1. The minimum absolute atomic E-state index is 0.445. The lowest BCUT2D eigenvalue weighted by atomic mass is 9.98. The molecule has 3 aliphatic heterocycles. The number of fused-ring (bicyclic) bond motifs is 2. The number of aryl methyl sites for hydroxylation is 1. The Morgan fingerprint density at radius 3 is 2.97 bits per heavy atom. The van der Waals surface area contributed by atoms with E-state index in [1.165, 1.54) is 29.6 Å². The minimum atomic E-state index is 0.445. The Kier molecular flexibility index (Phi) is 5.65. The molecule has 0 bridgehead atoms. The first kappa shape index (κ1) is 22.0. The number of nitrogens with zero attached hydrogens (tertiary/aromatic N) is 5. The molecule has 0 unspecified atom stereocenters. The molecule has 2 N–H and O–H groups in total. The van der Waals surface area contributed by atoms with E-state index >= 15 is 0 Å². The Labute approximate surface area is 206 Å². The van der Waals surface area contributed by atoms with Crippen LogP contribution in [-0.2, 0) is 6.54 Å². The molecule has 3 aromatic rings. The van der Waals surface area contributed by atoms with E-state index in [0.29, 0.717) is 6.04 Å². The molecule has 5 heterocycles. The van der Waals surface area contributed by atoms with Crippen LogP contribution >= 0.6 is 0 Å². The van der Waals surface area contributed by atoms with Gasteiger partial charge in [0.1, 0.15) is 5.69 Å². The first-order chi connectivity index (χ1) is 17.0. The van der Waals surface area contributed by atoms with Crippen LogP contribution in [-0.4, -0.2) is 63.4 Å². The minimum Gasteiger partial charge on any atom is -0.350 e. The fourth-order valence-electron chi connectivity index (χ4n) is 5.65. The maximum absolute atomic E-state index is 4.64. The second kappa shape index (κ2) is 8.96. The molecule has 180 valence electrons. The number of anilines is 1. The summed E-state index contributed by atoms with van der Waals surface area (Å²) in [5, 5.41) is 12.6. The van der Waals surface area contributed by atoms with Crippen molar-refractivity contribution >= 4 is 22.8 Å². The van der Waals surface area contributed by atoms with E-state index in [2.05, 4.69) is 73.2 Å². The molecule has 0 spiro atoms. The second-order valence-electron chi connectivity index (χ2n) is 10.1. The molecule has 1 fully saturated rings. The molecule has 0 saturated carbocycles. The van der Waals surface area contributed by atoms with Gasteiger partial charge in [0.2, 0.25) is 0 Å². The van der Waals surface area contributed by atoms with Crippen LogP contribution in [0.2, 0.25) is 0 Å². The van der Waals surface area contributed by atoms with Gasteiger partial charge in [0.25, 0.3) is 0 Å². The molecular formula is C28H33N7. The van der Waals surface area contributed by atoms with Crippen molar-refractivity contribution in [2.75, 3.05) is 31.5 Å². The molecule has 0 radical (unpaired) electrons. The van der Waals surface area contributed by atoms with Gasteiger partial charge in [-0.25, -0.2) is 0 Å². The van der Waals surface area contributed by atoms with Crippen molar-refractivity contribution in [1.82, 2.24) is 25.0 Å². The lowest BCUT2D eigenvalue weighted by Crippen LogP contribution is -2.49. The number of likely N-dealkylation sites (tertiary alicyclic amines) is 1. The third-order valence-electron chi connectivity index (χ3n) is 7.65. The molecule has 1 saturated heterocycles. The summed E-state index contributed by atoms with van der Waals surface area (Å²) >= 11 is 0. The number of nitrogens with one attached hydrogen (secondary N) is 2. The molecule has 7 nitrogen and oxygen atoms in total. The van der Waals surface area contributed by atoms with E-state index in [1.807, 2.05) is 19.2 Å². The highest BCUT2D eigenvalue weighted by molar-refractivity contribution is 5.95. The highest BCUT2D eigenvalue weighted by atomic mass is 15.3. The molecule has 7 heteroatoms. The third kappa shape index (κ3) is 4.25. The van der Waals surface area contributed by atoms with Gasteiger partial charge in [-0.2, -0.15) is 5.10 Å². The van der Waals surface area contributed by atoms with Gasteiger partial charge in [0, 0.05) is 67.0 Å². The van der Waals surface area contributed by atoms with E-state index in [0.717, 1.165) is 78.5 Å². The molecule has 1 atom stereocenters. The van der Waals surface area contributed by atoms with E-state index in [4.69, 9.17) is 0 Å². The van der Waals surface area contributed by atoms with Crippen LogP contribution in [0, 0.1) is 6.92 Å². The summed E-state index contributed by atoms with van der Waals surface area (Å²) in [5.74, 6) is 0.989. The summed E-state index contributed by atoms with van der Waals surface area (Å²) in [5.41, 5.74) is 9.39. The Morgan fingerprint density at radius 1 is 1.20 bits per heavy atom. The summed E-state index contributed by atoms with van der Waals surface area (Å²) in [4.78, 5) is 13.9. The first-order valence-corrected chi connectivity index (χ1v) is 12.6. The van der Waals surface area contributed by atoms with Gasteiger partial charge in [0.15, 0.2) is 0 Å². The SMILES string of the molecule is C=C1Nc2cc3[nH]nc(-c4ccnc(C)c4)c3cc2CN1[C@@H]1CCCN(CC2=C(C)CCN=C2)C1. The van der Waals surface area contributed by atoms with Gasteiger partial charge in [-0.05, 0) is 75.1 Å². The van der Waals surface area contributed by atoms with E-state index in [-0.39, 0.29) is 0 Å². The van der Waals surface area contributed by atoms with Gasteiger partial charge >= 0.3 is 0 Å². The average Bonchev–Trinajstić information content (AvgIpc) is 3.26. The van der Waals surface area contributed by atoms with E-state index in [9.17, 15) is 0 Å². The number of pyridine rings is 1. The topological polar surface area (TPSA) is 72.4 Å². The van der Waals surface area contributed by atoms with Crippen LogP contribution in [0.15, 0.2) is 59.0 Å². The number of benzene rings is 1. The van der Waals surface area contributed by atoms with Crippen LogP contribution < -0.4 is 5.32 Å². The largest absolute Gasteiger partial charge is 0.350 e. The van der Waals surface area contributed by atoms with Crippen LogP contribution in [0.5, 0.6) is 0 Å². The van der Waals surface area contributed by atoms with Crippen molar-refractivity contribution < 1.29 is 0 Å². The standard InChI is InChI=1S/C28H33N7/c1-18-6-8-29-14-23(18)15-34-10-4-5-24(17-34)35-16-22-12-25-27(13-26(22)31-20(35)3)32-33-28(25)21-7-9-30-19(2)11-21/h7,9,11-14,24,31H,3-6,8,10,15-17H2,1-2H3,(H,32,33)/t24-/m1/s1. The van der Waals surface area contributed by atoms with Gasteiger partial charge < -0.3 is 10.2 Å². The van der Waals surface area contributed by atoms with Crippen molar-refractivity contribution in [3.8, 4) is 11.3 Å². The lowest BCUT2D eigenvalue weighted by molar-refractivity contribution is 0.124. The van der Waals surface area contributed by atoms with Crippen molar-refractivity contribution in [1.29, 1.82) is 0 Å². The Hall–Kier alpha value is -3.45. The molecular weight excluding hydrogens is 434 g/mol. The number of aliphatic imine (C=N–C) groups is 1. The summed E-state index contributed by atoms with van der Waals surface area (Å²) in [6, 6.07) is 9.02. The number of hydrogen-bond donors (Lipinski definition) is 2. The smallest absolute Gasteiger partial charge is 0.100 e. The highest BCUT2D eigenvalue weighted by Gasteiger charge is 2.30. The Bertz CT molecular complexity index is 1350. The summed E-state index contributed by atoms with van der Waals surface area (Å²) in [6.45, 7) is 13.7. The van der Waals surface area contributed by atoms with Crippen LogP contribution in [0.25, 0.3) is 22.2 Å². The zero-order valence-corrected chi connectivity index (χ0v) is 20.6. The first-order valence-electron chi connectivity index (χ1n) is 12.6. The van der Waals surface area contributed by atoms with Crippen molar-refractivity contribution in [2.24, 2.45) is 4.99 Å². The summed E-state index contributed by atoms with van der Waals surface area (Å²) in [7, 11) is 0. The number of H-pyrrole nitrogens is 1. The molecule has 0 aliphatic carbocycles. The van der Waals surface area contributed by atoms with Crippen molar-refractivity contribution in [3.05, 3.63) is 65.3 Å².